The van der Waals surface area contributed by atoms with Gasteiger partial charge in [-0.25, -0.2) is 15.0 Å². The van der Waals surface area contributed by atoms with Gasteiger partial charge in [0.2, 0.25) is 0 Å². The van der Waals surface area contributed by atoms with Gasteiger partial charge in [-0.2, -0.15) is 0 Å². The molecule has 19 heavy (non-hydrogen) atoms. The molecule has 2 aromatic heterocycles. The predicted molar refractivity (Wildman–Crippen MR) is 75.1 cm³/mol. The number of imidazole rings is 1. The first kappa shape index (κ1) is 11.6. The first-order chi connectivity index (χ1) is 9.31. The van der Waals surface area contributed by atoms with E-state index in [0.29, 0.717) is 5.82 Å². The number of aromatic nitrogens is 4. The smallest absolute Gasteiger partial charge is 0.147 e. The minimum absolute atomic E-state index is 0.546. The van der Waals surface area contributed by atoms with Crippen LogP contribution in [0.15, 0.2) is 36.9 Å². The second-order valence-corrected chi connectivity index (χ2v) is 4.41. The van der Waals surface area contributed by atoms with Crippen molar-refractivity contribution in [3.8, 4) is 5.82 Å². The fourth-order valence-electron chi connectivity index (χ4n) is 2.24. The van der Waals surface area contributed by atoms with Crippen LogP contribution in [0.2, 0.25) is 0 Å². The zero-order chi connectivity index (χ0) is 13.2. The standard InChI is InChI=1S/C14H15N5/c1-2-5-10-13(15)16-8-17-14(10)19-9-18-11-6-3-4-7-12(11)19/h3-4,6-9H,2,5H2,1H3,(H2,15,16,17). The molecule has 0 aliphatic rings. The number of para-hydroxylation sites is 2. The summed E-state index contributed by atoms with van der Waals surface area (Å²) in [5, 5.41) is 0. The van der Waals surface area contributed by atoms with Crippen LogP contribution >= 0.6 is 0 Å². The van der Waals surface area contributed by atoms with Crippen LogP contribution in [0.25, 0.3) is 16.9 Å². The maximum Gasteiger partial charge on any atom is 0.147 e. The number of nitrogens with two attached hydrogens (primary N) is 1. The summed E-state index contributed by atoms with van der Waals surface area (Å²) < 4.78 is 1.97. The van der Waals surface area contributed by atoms with Gasteiger partial charge in [0.25, 0.3) is 0 Å². The topological polar surface area (TPSA) is 69.6 Å². The van der Waals surface area contributed by atoms with Crippen LogP contribution in [-0.4, -0.2) is 19.5 Å². The van der Waals surface area contributed by atoms with Gasteiger partial charge < -0.3 is 5.73 Å². The highest BCUT2D eigenvalue weighted by molar-refractivity contribution is 5.77. The quantitative estimate of drug-likeness (QED) is 0.777. The molecule has 1 aromatic carbocycles. The molecule has 2 heterocycles. The molecule has 0 unspecified atom stereocenters. The fourth-order valence-corrected chi connectivity index (χ4v) is 2.24. The molecule has 0 amide bonds. The van der Waals surface area contributed by atoms with Crippen LogP contribution in [0.5, 0.6) is 0 Å². The van der Waals surface area contributed by atoms with Gasteiger partial charge in [0, 0.05) is 5.56 Å². The molecule has 5 nitrogen and oxygen atoms in total. The Bertz CT molecular complexity index is 717. The molecule has 0 spiro atoms. The number of anilines is 1. The average Bonchev–Trinajstić information content (AvgIpc) is 2.85. The molecule has 0 aliphatic heterocycles. The van der Waals surface area contributed by atoms with Crippen LogP contribution in [0.3, 0.4) is 0 Å². The Morgan fingerprint density at radius 3 is 2.84 bits per heavy atom. The summed E-state index contributed by atoms with van der Waals surface area (Å²) in [4.78, 5) is 12.9. The number of hydrogen-bond donors (Lipinski definition) is 1. The molecule has 0 saturated heterocycles. The maximum atomic E-state index is 5.97. The SMILES string of the molecule is CCCc1c(N)ncnc1-n1cnc2ccccc21. The van der Waals surface area contributed by atoms with Crippen LogP contribution < -0.4 is 5.73 Å². The lowest BCUT2D eigenvalue weighted by Gasteiger charge is -2.10. The van der Waals surface area contributed by atoms with Crippen molar-refractivity contribution >= 4 is 16.9 Å². The Labute approximate surface area is 111 Å². The number of benzene rings is 1. The highest BCUT2D eigenvalue weighted by atomic mass is 15.1. The van der Waals surface area contributed by atoms with Crippen LogP contribution in [0.4, 0.5) is 5.82 Å². The van der Waals surface area contributed by atoms with E-state index >= 15 is 0 Å². The number of nitrogens with zero attached hydrogens (tertiary/aromatic N) is 4. The third kappa shape index (κ3) is 1.93. The number of rotatable bonds is 3. The Hall–Kier alpha value is -2.43. The fraction of sp³-hybridized carbons (Fsp3) is 0.214. The van der Waals surface area contributed by atoms with E-state index in [1.165, 1.54) is 6.33 Å². The van der Waals surface area contributed by atoms with Crippen molar-refractivity contribution < 1.29 is 0 Å². The first-order valence-corrected chi connectivity index (χ1v) is 6.33. The van der Waals surface area contributed by atoms with Crippen molar-refractivity contribution in [3.63, 3.8) is 0 Å². The van der Waals surface area contributed by atoms with E-state index in [2.05, 4.69) is 21.9 Å². The van der Waals surface area contributed by atoms with Gasteiger partial charge in [0.1, 0.15) is 24.3 Å². The normalized spacial score (nSPS) is 11.0. The lowest BCUT2D eigenvalue weighted by Crippen LogP contribution is -2.07. The van der Waals surface area contributed by atoms with Crippen molar-refractivity contribution in [2.75, 3.05) is 5.73 Å². The van der Waals surface area contributed by atoms with Gasteiger partial charge in [-0.05, 0) is 18.6 Å². The van der Waals surface area contributed by atoms with E-state index in [1.807, 2.05) is 28.8 Å². The summed E-state index contributed by atoms with van der Waals surface area (Å²) in [6, 6.07) is 7.97. The monoisotopic (exact) mass is 253 g/mol. The number of fused-ring (bicyclic) bond motifs is 1. The zero-order valence-electron chi connectivity index (χ0n) is 10.7. The van der Waals surface area contributed by atoms with E-state index in [4.69, 9.17) is 5.73 Å². The molecule has 2 N–H and O–H groups in total. The van der Waals surface area contributed by atoms with Gasteiger partial charge in [0.15, 0.2) is 0 Å². The zero-order valence-corrected chi connectivity index (χ0v) is 10.7. The molecular formula is C14H15N5. The second kappa shape index (κ2) is 4.68. The van der Waals surface area contributed by atoms with Crippen molar-refractivity contribution in [2.45, 2.75) is 19.8 Å². The molecule has 3 aromatic rings. The number of nitrogen functional groups attached to an aromatic ring is 1. The Morgan fingerprint density at radius 1 is 1.16 bits per heavy atom. The predicted octanol–water partition coefficient (Wildman–Crippen LogP) is 2.35. The summed E-state index contributed by atoms with van der Waals surface area (Å²) in [7, 11) is 0. The van der Waals surface area contributed by atoms with Gasteiger partial charge in [-0.3, -0.25) is 4.57 Å². The molecule has 0 aliphatic carbocycles. The van der Waals surface area contributed by atoms with Crippen molar-refractivity contribution in [1.82, 2.24) is 19.5 Å². The van der Waals surface area contributed by atoms with Crippen molar-refractivity contribution in [2.24, 2.45) is 0 Å². The number of hydrogen-bond acceptors (Lipinski definition) is 4. The van der Waals surface area contributed by atoms with Gasteiger partial charge >= 0.3 is 0 Å². The van der Waals surface area contributed by atoms with Gasteiger partial charge in [-0.1, -0.05) is 25.5 Å². The van der Waals surface area contributed by atoms with E-state index in [1.54, 1.807) is 6.33 Å². The van der Waals surface area contributed by atoms with Gasteiger partial charge in [0.05, 0.1) is 11.0 Å². The summed E-state index contributed by atoms with van der Waals surface area (Å²) >= 11 is 0. The van der Waals surface area contributed by atoms with Crippen molar-refractivity contribution in [1.29, 1.82) is 0 Å². The summed E-state index contributed by atoms with van der Waals surface area (Å²) in [6.07, 6.45) is 5.13. The molecule has 0 atom stereocenters. The lowest BCUT2D eigenvalue weighted by atomic mass is 10.1. The van der Waals surface area contributed by atoms with Crippen LogP contribution in [0.1, 0.15) is 18.9 Å². The second-order valence-electron chi connectivity index (χ2n) is 4.41. The Kier molecular flexibility index (Phi) is 2.87. The molecule has 0 fully saturated rings. The summed E-state index contributed by atoms with van der Waals surface area (Å²) in [5.74, 6) is 1.37. The minimum atomic E-state index is 0.546. The Balaban J connectivity index is 2.24. The molecular weight excluding hydrogens is 238 g/mol. The van der Waals surface area contributed by atoms with Crippen LogP contribution in [0, 0.1) is 0 Å². The van der Waals surface area contributed by atoms with E-state index in [9.17, 15) is 0 Å². The first-order valence-electron chi connectivity index (χ1n) is 6.33. The van der Waals surface area contributed by atoms with Gasteiger partial charge in [-0.15, -0.1) is 0 Å². The summed E-state index contributed by atoms with van der Waals surface area (Å²) in [5.41, 5.74) is 8.92. The highest BCUT2D eigenvalue weighted by Gasteiger charge is 2.12. The molecule has 0 radical (unpaired) electrons. The molecule has 0 saturated carbocycles. The molecule has 5 heteroatoms. The lowest BCUT2D eigenvalue weighted by molar-refractivity contribution is 0.872. The molecule has 3 rings (SSSR count). The third-order valence-corrected chi connectivity index (χ3v) is 3.14. The third-order valence-electron chi connectivity index (χ3n) is 3.14. The van der Waals surface area contributed by atoms with E-state index in [-0.39, 0.29) is 0 Å². The molecule has 0 bridgehead atoms. The van der Waals surface area contributed by atoms with Crippen LogP contribution in [-0.2, 0) is 6.42 Å². The largest absolute Gasteiger partial charge is 0.383 e. The van der Waals surface area contributed by atoms with E-state index < -0.39 is 0 Å². The van der Waals surface area contributed by atoms with E-state index in [0.717, 1.165) is 35.3 Å². The van der Waals surface area contributed by atoms with Crippen molar-refractivity contribution in [3.05, 3.63) is 42.5 Å². The highest BCUT2D eigenvalue weighted by Crippen LogP contribution is 2.22. The Morgan fingerprint density at radius 2 is 2.00 bits per heavy atom. The maximum absolute atomic E-state index is 5.97. The minimum Gasteiger partial charge on any atom is -0.383 e. The molecule has 96 valence electrons. The average molecular weight is 253 g/mol. The summed E-state index contributed by atoms with van der Waals surface area (Å²) in [6.45, 7) is 2.11.